The van der Waals surface area contributed by atoms with E-state index >= 15 is 0 Å². The van der Waals surface area contributed by atoms with Crippen molar-refractivity contribution in [2.24, 2.45) is 0 Å². The van der Waals surface area contributed by atoms with Crippen LogP contribution in [0.4, 0.5) is 0 Å². The van der Waals surface area contributed by atoms with Crippen LogP contribution in [0.15, 0.2) is 24.3 Å². The van der Waals surface area contributed by atoms with Gasteiger partial charge in [-0.2, -0.15) is 42.1 Å². The van der Waals surface area contributed by atoms with Crippen molar-refractivity contribution in [1.29, 1.82) is 0 Å². The molecule has 1 unspecified atom stereocenters. The fourth-order valence-electron chi connectivity index (χ4n) is 0.508. The summed E-state index contributed by atoms with van der Waals surface area (Å²) in [5.74, 6) is 0.878. The van der Waals surface area contributed by atoms with Crippen LogP contribution in [0.3, 0.4) is 0 Å². The van der Waals surface area contributed by atoms with Crippen molar-refractivity contribution < 1.29 is 56.0 Å². The number of halogens is 1. The van der Waals surface area contributed by atoms with Crippen molar-refractivity contribution in [3.8, 4) is 5.75 Å². The van der Waals surface area contributed by atoms with Crippen LogP contribution in [0.2, 0.25) is 0 Å². The summed E-state index contributed by atoms with van der Waals surface area (Å²) in [6, 6.07) is 10.2. The van der Waals surface area contributed by atoms with Crippen molar-refractivity contribution in [3.63, 3.8) is 0 Å². The second-order valence-corrected chi connectivity index (χ2v) is 2.63. The Morgan fingerprint density at radius 2 is 1.60 bits per heavy atom. The van der Waals surface area contributed by atoms with Gasteiger partial charge in [0.2, 0.25) is 0 Å². The summed E-state index contributed by atoms with van der Waals surface area (Å²) in [6.07, 6.45) is 0. The first-order chi connectivity index (χ1) is 5.93. The van der Waals surface area contributed by atoms with E-state index in [1.165, 1.54) is 0 Å². The number of rotatable bonds is 1. The molecule has 1 rings (SSSR count). The Morgan fingerprint density at radius 3 is 1.80 bits per heavy atom. The number of ether oxygens (including phenoxy) is 1. The molecule has 0 fully saturated rings. The van der Waals surface area contributed by atoms with Gasteiger partial charge in [0.25, 0.3) is 0 Å². The molecule has 0 radical (unpaired) electrons. The van der Waals surface area contributed by atoms with Crippen LogP contribution in [0, 0.1) is 16.3 Å². The van der Waals surface area contributed by atoms with Gasteiger partial charge in [0.15, 0.2) is 0 Å². The summed E-state index contributed by atoms with van der Waals surface area (Å²) in [7, 11) is -3.05. The Balaban J connectivity index is -0.000000185. The summed E-state index contributed by atoms with van der Waals surface area (Å²) >= 11 is 0. The smallest absolute Gasteiger partial charge is 0.522 e. The standard InChI is InChI=1S/C7H7O.Au.ClHO4.H3P/c1-8-7-5-3-2-4-6-7;;2-1(3,4)5;/h3-6H,1H3;;(H,2,3,4,5);1H3/q-1;+1;;. The van der Waals surface area contributed by atoms with Gasteiger partial charge in [-0.15, -0.1) is 12.1 Å². The number of hydrogen-bond acceptors (Lipinski definition) is 5. The van der Waals surface area contributed by atoms with E-state index in [1.54, 1.807) is 7.11 Å². The van der Waals surface area contributed by atoms with Crippen LogP contribution >= 0.6 is 9.90 Å². The molecule has 5 nitrogen and oxygen atoms in total. The van der Waals surface area contributed by atoms with Crippen molar-refractivity contribution in [1.82, 2.24) is 0 Å². The minimum atomic E-state index is -4.69. The molecular formula is C7H11AuClO5P. The quantitative estimate of drug-likeness (QED) is 0.295. The van der Waals surface area contributed by atoms with E-state index in [-0.39, 0.29) is 32.3 Å². The van der Waals surface area contributed by atoms with Crippen LogP contribution < -0.4 is 18.7 Å². The summed E-state index contributed by atoms with van der Waals surface area (Å²) in [5, 5.41) is 0. The predicted octanol–water partition coefficient (Wildman–Crippen LogP) is -2.57. The minimum absolute atomic E-state index is 0. The molecule has 8 heteroatoms. The second-order valence-electron chi connectivity index (χ2n) is 1.84. The summed E-state index contributed by atoms with van der Waals surface area (Å²) in [6.45, 7) is 0. The Morgan fingerprint density at radius 1 is 1.27 bits per heavy atom. The van der Waals surface area contributed by atoms with Crippen LogP contribution in [0.5, 0.6) is 5.75 Å². The maximum atomic E-state index is 8.60. The van der Waals surface area contributed by atoms with Crippen molar-refractivity contribution in [2.45, 2.75) is 0 Å². The van der Waals surface area contributed by atoms with E-state index in [4.69, 9.17) is 23.4 Å². The molecule has 0 aromatic heterocycles. The molecule has 0 aliphatic carbocycles. The van der Waals surface area contributed by atoms with Gasteiger partial charge in [0, 0.05) is 5.75 Å². The average Bonchev–Trinajstić information content (AvgIpc) is 2.03. The van der Waals surface area contributed by atoms with E-state index in [0.29, 0.717) is 0 Å². The fraction of sp³-hybridized carbons (Fsp3) is 0.143. The average molecular weight is 439 g/mol. The molecule has 0 aliphatic rings. The molecule has 1 N–H and O–H groups in total. The van der Waals surface area contributed by atoms with Gasteiger partial charge in [-0.3, -0.25) is 0 Å². The number of benzene rings is 1. The van der Waals surface area contributed by atoms with Gasteiger partial charge in [0.1, 0.15) is 0 Å². The van der Waals surface area contributed by atoms with Crippen LogP contribution in [0.25, 0.3) is 0 Å². The third-order valence-electron chi connectivity index (χ3n) is 0.923. The molecule has 0 saturated carbocycles. The SMILES string of the molecule is COc1cc[c-]cc1.P.[Au+].[O-][Cl+3]([O-])([O-])O. The molecule has 0 heterocycles. The van der Waals surface area contributed by atoms with E-state index in [2.05, 4.69) is 6.07 Å². The maximum Gasteiger partial charge on any atom is 1.00 e. The monoisotopic (exact) mass is 438 g/mol. The largest absolute Gasteiger partial charge is 1.00 e. The van der Waals surface area contributed by atoms with E-state index in [9.17, 15) is 0 Å². The van der Waals surface area contributed by atoms with Crippen LogP contribution in [-0.4, -0.2) is 11.8 Å². The summed E-state index contributed by atoms with van der Waals surface area (Å²) in [4.78, 5) is 0. The number of hydrogen-bond donors (Lipinski definition) is 1. The zero-order valence-corrected chi connectivity index (χ0v) is 12.1. The van der Waals surface area contributed by atoms with Gasteiger partial charge in [-0.05, 0) is 0 Å². The van der Waals surface area contributed by atoms with Crippen LogP contribution in [0.1, 0.15) is 0 Å². The van der Waals surface area contributed by atoms with E-state index in [0.717, 1.165) is 5.75 Å². The molecule has 15 heavy (non-hydrogen) atoms. The molecule has 0 amide bonds. The van der Waals surface area contributed by atoms with Crippen molar-refractivity contribution in [2.75, 3.05) is 7.11 Å². The topological polar surface area (TPSA) is 98.6 Å². The van der Waals surface area contributed by atoms with Gasteiger partial charge in [-0.25, -0.2) is 0 Å². The zero-order valence-electron chi connectivity index (χ0n) is 7.78. The normalized spacial score (nSPS) is 8.60. The zero-order chi connectivity index (χ0) is 10.3. The molecule has 0 bridgehead atoms. The molecule has 0 spiro atoms. The molecule has 1 aromatic carbocycles. The number of methoxy groups -OCH3 is 1. The summed E-state index contributed by atoms with van der Waals surface area (Å²) < 4.78 is 37.6. The van der Waals surface area contributed by atoms with E-state index in [1.807, 2.05) is 24.3 Å². The van der Waals surface area contributed by atoms with Crippen molar-refractivity contribution >= 4 is 9.90 Å². The van der Waals surface area contributed by atoms with Crippen LogP contribution in [-0.2, 0) is 22.4 Å². The molecule has 92 valence electrons. The molecular weight excluding hydrogens is 427 g/mol. The minimum Gasteiger partial charge on any atom is -0.522 e. The first-order valence-electron chi connectivity index (χ1n) is 3.07. The van der Waals surface area contributed by atoms with Gasteiger partial charge in [0.05, 0.1) is 22.0 Å². The van der Waals surface area contributed by atoms with Gasteiger partial charge in [-0.1, -0.05) is 0 Å². The predicted molar refractivity (Wildman–Crippen MR) is 45.2 cm³/mol. The van der Waals surface area contributed by atoms with E-state index < -0.39 is 10.2 Å². The first-order valence-corrected chi connectivity index (χ1v) is 4.33. The molecule has 1 atom stereocenters. The third kappa shape index (κ3) is 20.4. The Hall–Kier alpha value is 0.320. The fourth-order valence-corrected chi connectivity index (χ4v) is 0.508. The first kappa shape index (κ1) is 20.7. The summed E-state index contributed by atoms with van der Waals surface area (Å²) in [5.41, 5.74) is 0. The molecule has 0 saturated heterocycles. The van der Waals surface area contributed by atoms with Crippen molar-refractivity contribution in [3.05, 3.63) is 30.3 Å². The Kier molecular flexibility index (Phi) is 14.9. The van der Waals surface area contributed by atoms with Gasteiger partial charge < -0.3 is 4.74 Å². The Labute approximate surface area is 109 Å². The molecule has 1 aromatic rings. The van der Waals surface area contributed by atoms with Gasteiger partial charge >= 0.3 is 22.4 Å². The Bertz CT molecular complexity index is 225. The second kappa shape index (κ2) is 10.8. The molecule has 0 aliphatic heterocycles. The third-order valence-corrected chi connectivity index (χ3v) is 0.923. The maximum absolute atomic E-state index is 8.60.